The van der Waals surface area contributed by atoms with Crippen LogP contribution in [0.5, 0.6) is 0 Å². The average Bonchev–Trinajstić information content (AvgIpc) is 2.36. The topological polar surface area (TPSA) is 92.2 Å². The van der Waals surface area contributed by atoms with E-state index in [2.05, 4.69) is 15.3 Å². The summed E-state index contributed by atoms with van der Waals surface area (Å²) in [6.45, 7) is 5.20. The smallest absolute Gasteiger partial charge is 0.311 e. The number of rotatable bonds is 5. The van der Waals surface area contributed by atoms with Crippen LogP contribution in [0, 0.1) is 12.3 Å². The first kappa shape index (κ1) is 14.1. The van der Waals surface area contributed by atoms with E-state index in [1.807, 2.05) is 0 Å². The Morgan fingerprint density at radius 2 is 2.06 bits per heavy atom. The predicted octanol–water partition coefficient (Wildman–Crippen LogP) is 1.02. The zero-order valence-electron chi connectivity index (χ0n) is 10.7. The molecule has 0 spiro atoms. The van der Waals surface area contributed by atoms with Gasteiger partial charge in [0.05, 0.1) is 17.3 Å². The number of amides is 1. The van der Waals surface area contributed by atoms with Gasteiger partial charge in [-0.05, 0) is 20.3 Å². The van der Waals surface area contributed by atoms with Crippen molar-refractivity contribution in [3.05, 3.63) is 23.8 Å². The van der Waals surface area contributed by atoms with Crippen LogP contribution in [0.1, 0.15) is 36.5 Å². The fourth-order valence-electron chi connectivity index (χ4n) is 1.23. The molecule has 0 aliphatic rings. The Labute approximate surface area is 105 Å². The van der Waals surface area contributed by atoms with Gasteiger partial charge in [-0.3, -0.25) is 14.6 Å². The quantitative estimate of drug-likeness (QED) is 0.815. The van der Waals surface area contributed by atoms with Gasteiger partial charge in [0.25, 0.3) is 5.91 Å². The summed E-state index contributed by atoms with van der Waals surface area (Å²) in [6.07, 6.45) is 3.29. The summed E-state index contributed by atoms with van der Waals surface area (Å²) in [6, 6.07) is 0. The van der Waals surface area contributed by atoms with E-state index in [1.54, 1.807) is 20.8 Å². The molecule has 0 aromatic carbocycles. The van der Waals surface area contributed by atoms with Gasteiger partial charge in [0.2, 0.25) is 0 Å². The standard InChI is InChI=1S/C12H17N3O3/c1-4-12(3,11(17)18)7-15-10(16)9-6-13-8(2)5-14-9/h5-6H,4,7H2,1-3H3,(H,15,16)(H,17,18). The van der Waals surface area contributed by atoms with Crippen LogP contribution in [-0.2, 0) is 4.79 Å². The molecule has 1 amide bonds. The van der Waals surface area contributed by atoms with Crippen LogP contribution in [0.4, 0.5) is 0 Å². The largest absolute Gasteiger partial charge is 0.481 e. The molecule has 98 valence electrons. The summed E-state index contributed by atoms with van der Waals surface area (Å²) in [5.74, 6) is -1.34. The van der Waals surface area contributed by atoms with Crippen molar-refractivity contribution in [2.75, 3.05) is 6.54 Å². The summed E-state index contributed by atoms with van der Waals surface area (Å²) in [4.78, 5) is 30.7. The van der Waals surface area contributed by atoms with Crippen molar-refractivity contribution in [1.82, 2.24) is 15.3 Å². The van der Waals surface area contributed by atoms with E-state index in [-0.39, 0.29) is 12.2 Å². The molecule has 1 atom stereocenters. The van der Waals surface area contributed by atoms with E-state index in [4.69, 9.17) is 5.11 Å². The first-order valence-electron chi connectivity index (χ1n) is 5.69. The lowest BCUT2D eigenvalue weighted by Crippen LogP contribution is -2.40. The van der Waals surface area contributed by atoms with Crippen molar-refractivity contribution >= 4 is 11.9 Å². The van der Waals surface area contributed by atoms with Crippen molar-refractivity contribution in [2.45, 2.75) is 27.2 Å². The number of aryl methyl sites for hydroxylation is 1. The molecule has 0 aliphatic carbocycles. The molecule has 0 bridgehead atoms. The monoisotopic (exact) mass is 251 g/mol. The first-order valence-corrected chi connectivity index (χ1v) is 5.69. The minimum atomic E-state index is -0.964. The Balaban J connectivity index is 2.66. The SMILES string of the molecule is CCC(C)(CNC(=O)c1cnc(C)cn1)C(=O)O. The van der Waals surface area contributed by atoms with E-state index in [1.165, 1.54) is 12.4 Å². The molecule has 18 heavy (non-hydrogen) atoms. The zero-order chi connectivity index (χ0) is 13.8. The van der Waals surface area contributed by atoms with Gasteiger partial charge in [0, 0.05) is 12.7 Å². The fourth-order valence-corrected chi connectivity index (χ4v) is 1.23. The van der Waals surface area contributed by atoms with Crippen LogP contribution in [0.3, 0.4) is 0 Å². The highest BCUT2D eigenvalue weighted by molar-refractivity contribution is 5.92. The Hall–Kier alpha value is -1.98. The molecule has 6 heteroatoms. The van der Waals surface area contributed by atoms with Crippen LogP contribution in [0.25, 0.3) is 0 Å². The molecule has 2 N–H and O–H groups in total. The maximum Gasteiger partial charge on any atom is 0.311 e. The third-order valence-corrected chi connectivity index (χ3v) is 2.95. The van der Waals surface area contributed by atoms with E-state index in [9.17, 15) is 9.59 Å². The van der Waals surface area contributed by atoms with E-state index >= 15 is 0 Å². The minimum Gasteiger partial charge on any atom is -0.481 e. The van der Waals surface area contributed by atoms with Gasteiger partial charge in [0.15, 0.2) is 0 Å². The molecule has 1 unspecified atom stereocenters. The van der Waals surface area contributed by atoms with Gasteiger partial charge in [-0.25, -0.2) is 4.98 Å². The summed E-state index contributed by atoms with van der Waals surface area (Å²) < 4.78 is 0. The lowest BCUT2D eigenvalue weighted by Gasteiger charge is -2.22. The Morgan fingerprint density at radius 3 is 2.50 bits per heavy atom. The van der Waals surface area contributed by atoms with Crippen LogP contribution in [0.2, 0.25) is 0 Å². The predicted molar refractivity (Wildman–Crippen MR) is 65.1 cm³/mol. The lowest BCUT2D eigenvalue weighted by atomic mass is 9.88. The number of hydrogen-bond acceptors (Lipinski definition) is 4. The number of aromatic nitrogens is 2. The van der Waals surface area contributed by atoms with Crippen LogP contribution in [0.15, 0.2) is 12.4 Å². The van der Waals surface area contributed by atoms with Gasteiger partial charge >= 0.3 is 5.97 Å². The number of nitrogens with one attached hydrogen (secondary N) is 1. The van der Waals surface area contributed by atoms with E-state index < -0.39 is 17.3 Å². The Kier molecular flexibility index (Phi) is 4.36. The maximum absolute atomic E-state index is 11.7. The zero-order valence-corrected chi connectivity index (χ0v) is 10.7. The van der Waals surface area contributed by atoms with Crippen LogP contribution >= 0.6 is 0 Å². The van der Waals surface area contributed by atoms with Crippen molar-refractivity contribution in [3.63, 3.8) is 0 Å². The summed E-state index contributed by atoms with van der Waals surface area (Å²) in [5.41, 5.74) is -0.0618. The molecule has 0 radical (unpaired) electrons. The lowest BCUT2D eigenvalue weighted by molar-refractivity contribution is -0.147. The molecular weight excluding hydrogens is 234 g/mol. The van der Waals surface area contributed by atoms with E-state index in [0.717, 1.165) is 5.69 Å². The summed E-state index contributed by atoms with van der Waals surface area (Å²) in [7, 11) is 0. The number of aliphatic carboxylic acids is 1. The van der Waals surface area contributed by atoms with Crippen LogP contribution < -0.4 is 5.32 Å². The second-order valence-electron chi connectivity index (χ2n) is 4.45. The number of nitrogens with zero attached hydrogens (tertiary/aromatic N) is 2. The Morgan fingerprint density at radius 1 is 1.39 bits per heavy atom. The second kappa shape index (κ2) is 5.57. The van der Waals surface area contributed by atoms with Crippen LogP contribution in [-0.4, -0.2) is 33.5 Å². The maximum atomic E-state index is 11.7. The second-order valence-corrected chi connectivity index (χ2v) is 4.45. The molecule has 0 saturated carbocycles. The third-order valence-electron chi connectivity index (χ3n) is 2.95. The third kappa shape index (κ3) is 3.26. The molecule has 1 aromatic rings. The number of carboxylic acid groups (broad SMARTS) is 1. The van der Waals surface area contributed by atoms with Gasteiger partial charge in [-0.15, -0.1) is 0 Å². The highest BCUT2D eigenvalue weighted by Crippen LogP contribution is 2.19. The number of carboxylic acids is 1. The molecule has 1 rings (SSSR count). The summed E-state index contributed by atoms with van der Waals surface area (Å²) in [5, 5.41) is 11.6. The summed E-state index contributed by atoms with van der Waals surface area (Å²) >= 11 is 0. The molecule has 6 nitrogen and oxygen atoms in total. The van der Waals surface area contributed by atoms with Crippen molar-refractivity contribution < 1.29 is 14.7 Å². The molecule has 1 aromatic heterocycles. The highest BCUT2D eigenvalue weighted by Gasteiger charge is 2.31. The molecule has 0 saturated heterocycles. The van der Waals surface area contributed by atoms with Crippen molar-refractivity contribution in [1.29, 1.82) is 0 Å². The van der Waals surface area contributed by atoms with Gasteiger partial charge < -0.3 is 10.4 Å². The highest BCUT2D eigenvalue weighted by atomic mass is 16.4. The number of carbonyl (C=O) groups is 2. The number of hydrogen-bond donors (Lipinski definition) is 2. The molecular formula is C12H17N3O3. The average molecular weight is 251 g/mol. The van der Waals surface area contributed by atoms with Gasteiger partial charge in [-0.2, -0.15) is 0 Å². The fraction of sp³-hybridized carbons (Fsp3) is 0.500. The van der Waals surface area contributed by atoms with E-state index in [0.29, 0.717) is 6.42 Å². The molecule has 1 heterocycles. The normalized spacial score (nSPS) is 13.7. The van der Waals surface area contributed by atoms with Gasteiger partial charge in [0.1, 0.15) is 5.69 Å². The Bertz CT molecular complexity index is 444. The molecule has 0 aliphatic heterocycles. The first-order chi connectivity index (χ1) is 8.39. The number of carbonyl (C=O) groups excluding carboxylic acids is 1. The van der Waals surface area contributed by atoms with Crippen molar-refractivity contribution in [2.24, 2.45) is 5.41 Å². The van der Waals surface area contributed by atoms with Gasteiger partial charge in [-0.1, -0.05) is 6.92 Å². The minimum absolute atomic E-state index is 0.0627. The molecule has 0 fully saturated rings. The van der Waals surface area contributed by atoms with Crippen molar-refractivity contribution in [3.8, 4) is 0 Å².